The third-order valence-electron chi connectivity index (χ3n) is 4.00. The van der Waals surface area contributed by atoms with Crippen LogP contribution in [0.3, 0.4) is 0 Å². The van der Waals surface area contributed by atoms with Crippen LogP contribution < -0.4 is 14.2 Å². The maximum absolute atomic E-state index is 5.56. The van der Waals surface area contributed by atoms with Gasteiger partial charge in [0.05, 0.1) is 26.9 Å². The molecule has 122 valence electrons. The molecule has 0 amide bonds. The van der Waals surface area contributed by atoms with Gasteiger partial charge in [-0.2, -0.15) is 0 Å². The molecule has 0 fully saturated rings. The molecular weight excluding hydrogens is 288 g/mol. The fourth-order valence-corrected chi connectivity index (χ4v) is 3.08. The highest BCUT2D eigenvalue weighted by atomic mass is 16.5. The van der Waals surface area contributed by atoms with Gasteiger partial charge in [-0.1, -0.05) is 24.3 Å². The molecule has 2 aromatic rings. The minimum atomic E-state index is 0.686. The zero-order valence-electron chi connectivity index (χ0n) is 14.7. The third-order valence-corrected chi connectivity index (χ3v) is 4.00. The first kappa shape index (κ1) is 16.9. The van der Waals surface area contributed by atoms with E-state index in [2.05, 4.69) is 39.5 Å². The van der Waals surface area contributed by atoms with Crippen LogP contribution in [-0.2, 0) is 0 Å². The molecule has 2 aromatic carbocycles. The maximum atomic E-state index is 5.56. The molecule has 0 unspecified atom stereocenters. The monoisotopic (exact) mass is 312 g/mol. The van der Waals surface area contributed by atoms with E-state index in [9.17, 15) is 0 Å². The van der Waals surface area contributed by atoms with E-state index >= 15 is 0 Å². The van der Waals surface area contributed by atoms with Gasteiger partial charge in [-0.15, -0.1) is 0 Å². The summed E-state index contributed by atoms with van der Waals surface area (Å²) in [5, 5.41) is 0. The molecule has 0 atom stereocenters. The van der Waals surface area contributed by atoms with Gasteiger partial charge in [-0.05, 0) is 43.0 Å². The summed E-state index contributed by atoms with van der Waals surface area (Å²) in [6.45, 7) is 10.6. The van der Waals surface area contributed by atoms with Gasteiger partial charge in [0.25, 0.3) is 0 Å². The molecule has 0 saturated carbocycles. The van der Waals surface area contributed by atoms with Gasteiger partial charge in [0, 0.05) is 12.1 Å². The molecule has 23 heavy (non-hydrogen) atoms. The lowest BCUT2D eigenvalue weighted by Gasteiger charge is -2.20. The number of methoxy groups -OCH3 is 3. The summed E-state index contributed by atoms with van der Waals surface area (Å²) < 4.78 is 16.4. The van der Waals surface area contributed by atoms with Crippen LogP contribution in [0.5, 0.6) is 17.2 Å². The van der Waals surface area contributed by atoms with Crippen molar-refractivity contribution in [2.24, 2.45) is 0 Å². The smallest absolute Gasteiger partial charge is 0.134 e. The third kappa shape index (κ3) is 3.19. The lowest BCUT2D eigenvalue weighted by atomic mass is 9.89. The highest BCUT2D eigenvalue weighted by molar-refractivity contribution is 5.87. The molecule has 0 aliphatic rings. The van der Waals surface area contributed by atoms with Gasteiger partial charge < -0.3 is 14.2 Å². The predicted octanol–water partition coefficient (Wildman–Crippen LogP) is 4.70. The Morgan fingerprint density at radius 3 is 1.61 bits per heavy atom. The van der Waals surface area contributed by atoms with Gasteiger partial charge in [-0.25, -0.2) is 0 Å². The zero-order chi connectivity index (χ0) is 17.1. The Kier molecular flexibility index (Phi) is 4.99. The van der Waals surface area contributed by atoms with Gasteiger partial charge in [0.2, 0.25) is 0 Å². The van der Waals surface area contributed by atoms with Crippen LogP contribution in [0, 0.1) is 20.8 Å². The van der Waals surface area contributed by atoms with Crippen LogP contribution in [-0.4, -0.2) is 21.3 Å². The first-order valence-electron chi connectivity index (χ1n) is 7.50. The van der Waals surface area contributed by atoms with Crippen LogP contribution >= 0.6 is 0 Å². The van der Waals surface area contributed by atoms with Crippen LogP contribution in [0.25, 0.3) is 5.57 Å². The number of hydrogen-bond donors (Lipinski definition) is 0. The molecular formula is C20H24O3. The van der Waals surface area contributed by atoms with Crippen molar-refractivity contribution in [1.82, 2.24) is 0 Å². The highest BCUT2D eigenvalue weighted by Crippen LogP contribution is 2.42. The Balaban J connectivity index is 2.69. The number of aryl methyl sites for hydroxylation is 3. The summed E-state index contributed by atoms with van der Waals surface area (Å²) in [6.07, 6.45) is 0. The van der Waals surface area contributed by atoms with E-state index in [1.54, 1.807) is 21.3 Å². The molecule has 0 aliphatic heterocycles. The SMILES string of the molecule is C=C(c1c(C)cc(C)cc1C)c1c(OC)cc(OC)cc1OC. The summed E-state index contributed by atoms with van der Waals surface area (Å²) in [6, 6.07) is 8.02. The van der Waals surface area contributed by atoms with E-state index in [0.717, 1.165) is 16.7 Å². The molecule has 0 aliphatic carbocycles. The van der Waals surface area contributed by atoms with E-state index in [1.807, 2.05) is 12.1 Å². The minimum Gasteiger partial charge on any atom is -0.496 e. The second-order valence-electron chi connectivity index (χ2n) is 5.66. The molecule has 0 radical (unpaired) electrons. The average Bonchev–Trinajstić information content (AvgIpc) is 2.52. The van der Waals surface area contributed by atoms with E-state index in [4.69, 9.17) is 14.2 Å². The fraction of sp³-hybridized carbons (Fsp3) is 0.300. The Bertz CT molecular complexity index is 697. The lowest BCUT2D eigenvalue weighted by molar-refractivity contribution is 0.374. The van der Waals surface area contributed by atoms with Crippen molar-refractivity contribution in [2.45, 2.75) is 20.8 Å². The Labute approximate surface area is 138 Å². The average molecular weight is 312 g/mol. The molecule has 0 saturated heterocycles. The largest absolute Gasteiger partial charge is 0.496 e. The maximum Gasteiger partial charge on any atom is 0.134 e. The Morgan fingerprint density at radius 1 is 0.739 bits per heavy atom. The van der Waals surface area contributed by atoms with Crippen LogP contribution in [0.15, 0.2) is 30.8 Å². The molecule has 0 aromatic heterocycles. The van der Waals surface area contributed by atoms with Gasteiger partial charge in [0.15, 0.2) is 0 Å². The number of benzene rings is 2. The van der Waals surface area contributed by atoms with Crippen molar-refractivity contribution in [3.05, 3.63) is 58.7 Å². The van der Waals surface area contributed by atoms with Gasteiger partial charge >= 0.3 is 0 Å². The standard InChI is InChI=1S/C20H24O3/c1-12-8-13(2)19(14(3)9-12)15(4)20-17(22-6)10-16(21-5)11-18(20)23-7/h8-11H,4H2,1-3,5-7H3. The van der Waals surface area contributed by atoms with E-state index in [0.29, 0.717) is 17.2 Å². The summed E-state index contributed by atoms with van der Waals surface area (Å²) >= 11 is 0. The van der Waals surface area contributed by atoms with Crippen LogP contribution in [0.1, 0.15) is 27.8 Å². The molecule has 0 bridgehead atoms. The zero-order valence-corrected chi connectivity index (χ0v) is 14.7. The Morgan fingerprint density at radius 2 is 1.22 bits per heavy atom. The molecule has 3 heteroatoms. The van der Waals surface area contributed by atoms with E-state index in [1.165, 1.54) is 16.7 Å². The van der Waals surface area contributed by atoms with Crippen molar-refractivity contribution in [2.75, 3.05) is 21.3 Å². The van der Waals surface area contributed by atoms with E-state index in [-0.39, 0.29) is 0 Å². The number of hydrogen-bond acceptors (Lipinski definition) is 3. The number of ether oxygens (including phenoxy) is 3. The predicted molar refractivity (Wildman–Crippen MR) is 94.9 cm³/mol. The first-order valence-corrected chi connectivity index (χ1v) is 7.50. The number of rotatable bonds is 5. The van der Waals surface area contributed by atoms with Crippen LogP contribution in [0.4, 0.5) is 0 Å². The Hall–Kier alpha value is -2.42. The molecule has 2 rings (SSSR count). The van der Waals surface area contributed by atoms with Crippen molar-refractivity contribution in [3.63, 3.8) is 0 Å². The molecule has 0 spiro atoms. The van der Waals surface area contributed by atoms with Gasteiger partial charge in [0.1, 0.15) is 17.2 Å². The van der Waals surface area contributed by atoms with Crippen molar-refractivity contribution in [3.8, 4) is 17.2 Å². The quantitative estimate of drug-likeness (QED) is 0.801. The van der Waals surface area contributed by atoms with E-state index < -0.39 is 0 Å². The van der Waals surface area contributed by atoms with Crippen LogP contribution in [0.2, 0.25) is 0 Å². The summed E-state index contributed by atoms with van der Waals surface area (Å²) in [5.74, 6) is 2.06. The lowest BCUT2D eigenvalue weighted by Crippen LogP contribution is -2.01. The normalized spacial score (nSPS) is 10.3. The molecule has 3 nitrogen and oxygen atoms in total. The van der Waals surface area contributed by atoms with Crippen molar-refractivity contribution >= 4 is 5.57 Å². The fourth-order valence-electron chi connectivity index (χ4n) is 3.08. The van der Waals surface area contributed by atoms with Gasteiger partial charge in [-0.3, -0.25) is 0 Å². The first-order chi connectivity index (χ1) is 10.9. The summed E-state index contributed by atoms with van der Waals surface area (Å²) in [4.78, 5) is 0. The second-order valence-corrected chi connectivity index (χ2v) is 5.66. The van der Waals surface area contributed by atoms with Crippen molar-refractivity contribution < 1.29 is 14.2 Å². The minimum absolute atomic E-state index is 0.686. The summed E-state index contributed by atoms with van der Waals surface area (Å²) in [7, 11) is 4.90. The second kappa shape index (κ2) is 6.78. The molecule has 0 N–H and O–H groups in total. The topological polar surface area (TPSA) is 27.7 Å². The summed E-state index contributed by atoms with van der Waals surface area (Å²) in [5.41, 5.74) is 6.48. The van der Waals surface area contributed by atoms with Crippen molar-refractivity contribution in [1.29, 1.82) is 0 Å². The molecule has 0 heterocycles. The highest BCUT2D eigenvalue weighted by Gasteiger charge is 2.19.